The Balaban J connectivity index is 2.26. The predicted octanol–water partition coefficient (Wildman–Crippen LogP) is 6.26. The van der Waals surface area contributed by atoms with Gasteiger partial charge in [0.1, 0.15) is 11.5 Å². The van der Waals surface area contributed by atoms with E-state index < -0.39 is 0 Å². The fourth-order valence-corrected chi connectivity index (χ4v) is 2.99. The largest absolute Gasteiger partial charge is 0.454 e. The van der Waals surface area contributed by atoms with Gasteiger partial charge in [0, 0.05) is 29.7 Å². The van der Waals surface area contributed by atoms with Crippen LogP contribution in [0.4, 0.5) is 5.69 Å². The minimum atomic E-state index is -0.366. The number of hydrogen-bond acceptors (Lipinski definition) is 4. The van der Waals surface area contributed by atoms with Crippen LogP contribution in [-0.2, 0) is 16.0 Å². The zero-order chi connectivity index (χ0) is 20.8. The summed E-state index contributed by atoms with van der Waals surface area (Å²) in [6, 6.07) is 8.41. The van der Waals surface area contributed by atoms with Crippen molar-refractivity contribution in [2.45, 2.75) is 40.5 Å². The highest BCUT2D eigenvalue weighted by Gasteiger charge is 2.19. The van der Waals surface area contributed by atoms with E-state index in [-0.39, 0.29) is 35.0 Å². The number of carbonyl (C=O) groups is 2. The van der Waals surface area contributed by atoms with Gasteiger partial charge in [0.2, 0.25) is 5.91 Å². The molecule has 0 saturated heterocycles. The van der Waals surface area contributed by atoms with Crippen LogP contribution in [0.25, 0.3) is 0 Å². The lowest BCUT2D eigenvalue weighted by Crippen LogP contribution is -2.17. The van der Waals surface area contributed by atoms with E-state index in [4.69, 9.17) is 32.7 Å². The second kappa shape index (κ2) is 9.80. The summed E-state index contributed by atoms with van der Waals surface area (Å²) in [5.41, 5.74) is 1.31. The maximum absolute atomic E-state index is 11.8. The zero-order valence-electron chi connectivity index (χ0n) is 16.3. The van der Waals surface area contributed by atoms with E-state index >= 15 is 0 Å². The van der Waals surface area contributed by atoms with Gasteiger partial charge in [-0.25, -0.2) is 0 Å². The van der Waals surface area contributed by atoms with Crippen LogP contribution in [0.2, 0.25) is 10.0 Å². The first kappa shape index (κ1) is 22.1. The molecule has 0 aliphatic heterocycles. The summed E-state index contributed by atoms with van der Waals surface area (Å²) in [6.07, 6.45) is 0.787. The molecule has 1 amide bonds. The molecule has 150 valence electrons. The average Bonchev–Trinajstić information content (AvgIpc) is 2.66. The van der Waals surface area contributed by atoms with Crippen molar-refractivity contribution < 1.29 is 19.1 Å². The average molecular weight is 424 g/mol. The molecule has 0 atom stereocenters. The van der Waals surface area contributed by atoms with Crippen LogP contribution in [0.1, 0.15) is 39.7 Å². The molecule has 0 heterocycles. The molecule has 2 aromatic carbocycles. The van der Waals surface area contributed by atoms with E-state index in [9.17, 15) is 9.59 Å². The van der Waals surface area contributed by atoms with Gasteiger partial charge >= 0.3 is 5.97 Å². The lowest BCUT2D eigenvalue weighted by atomic mass is 10.1. The summed E-state index contributed by atoms with van der Waals surface area (Å²) < 4.78 is 11.2. The quantitative estimate of drug-likeness (QED) is 0.421. The monoisotopic (exact) mass is 423 g/mol. The highest BCUT2D eigenvalue weighted by Crippen LogP contribution is 2.43. The Hall–Kier alpha value is -2.24. The number of anilines is 1. The predicted molar refractivity (Wildman–Crippen MR) is 112 cm³/mol. The summed E-state index contributed by atoms with van der Waals surface area (Å²) >= 11 is 12.8. The zero-order valence-corrected chi connectivity index (χ0v) is 17.8. The fraction of sp³-hybridized carbons (Fsp3) is 0.333. The molecule has 0 radical (unpaired) electrons. The third kappa shape index (κ3) is 5.40. The smallest absolute Gasteiger partial charge is 0.310 e. The standard InChI is InChI=1S/C21H23Cl2NO4/c1-5-15-17(28-18(25)6-2)11-16(22)20(19(15)23)27-14-9-7-13(8-10-14)24-21(26)12(3)4/h7-12H,5-6H2,1-4H3,(H,24,26). The van der Waals surface area contributed by atoms with Crippen molar-refractivity contribution in [2.75, 3.05) is 5.32 Å². The Kier molecular flexibility index (Phi) is 7.72. The summed E-state index contributed by atoms with van der Waals surface area (Å²) in [5, 5.41) is 3.34. The molecule has 0 spiro atoms. The Morgan fingerprint density at radius 3 is 2.29 bits per heavy atom. The Morgan fingerprint density at radius 1 is 1.11 bits per heavy atom. The van der Waals surface area contributed by atoms with Gasteiger partial charge in [-0.3, -0.25) is 9.59 Å². The van der Waals surface area contributed by atoms with Crippen LogP contribution in [0.3, 0.4) is 0 Å². The Morgan fingerprint density at radius 2 is 1.75 bits per heavy atom. The summed E-state index contributed by atoms with van der Waals surface area (Å²) in [5.74, 6) is 0.589. The fourth-order valence-electron chi connectivity index (χ4n) is 2.34. The third-order valence-electron chi connectivity index (χ3n) is 3.97. The van der Waals surface area contributed by atoms with Gasteiger partial charge in [0.25, 0.3) is 0 Å². The van der Waals surface area contributed by atoms with Gasteiger partial charge in [-0.15, -0.1) is 0 Å². The number of carbonyl (C=O) groups excluding carboxylic acids is 2. The van der Waals surface area contributed by atoms with E-state index in [0.29, 0.717) is 34.2 Å². The van der Waals surface area contributed by atoms with Gasteiger partial charge in [-0.2, -0.15) is 0 Å². The molecule has 2 aromatic rings. The number of esters is 1. The molecule has 2 rings (SSSR count). The molecule has 1 N–H and O–H groups in total. The molecule has 0 aromatic heterocycles. The molecule has 0 aliphatic rings. The SMILES string of the molecule is CCC(=O)Oc1cc(Cl)c(Oc2ccc(NC(=O)C(C)C)cc2)c(Cl)c1CC. The number of halogens is 2. The number of hydrogen-bond donors (Lipinski definition) is 1. The van der Waals surface area contributed by atoms with Gasteiger partial charge in [0.05, 0.1) is 10.0 Å². The first-order chi connectivity index (χ1) is 13.3. The van der Waals surface area contributed by atoms with E-state index in [1.807, 2.05) is 20.8 Å². The molecule has 28 heavy (non-hydrogen) atoms. The minimum absolute atomic E-state index is 0.0652. The topological polar surface area (TPSA) is 64.6 Å². The van der Waals surface area contributed by atoms with Gasteiger partial charge in [-0.1, -0.05) is 50.9 Å². The lowest BCUT2D eigenvalue weighted by Gasteiger charge is -2.16. The van der Waals surface area contributed by atoms with Crippen LogP contribution in [0.5, 0.6) is 17.2 Å². The molecule has 0 bridgehead atoms. The Bertz CT molecular complexity index is 864. The van der Waals surface area contributed by atoms with Gasteiger partial charge < -0.3 is 14.8 Å². The molecule has 5 nitrogen and oxygen atoms in total. The highest BCUT2D eigenvalue weighted by atomic mass is 35.5. The molecule has 0 saturated carbocycles. The number of benzene rings is 2. The van der Waals surface area contributed by atoms with Crippen LogP contribution >= 0.6 is 23.2 Å². The van der Waals surface area contributed by atoms with Crippen molar-refractivity contribution in [1.29, 1.82) is 0 Å². The minimum Gasteiger partial charge on any atom is -0.454 e. The van der Waals surface area contributed by atoms with Crippen molar-refractivity contribution in [3.05, 3.63) is 45.9 Å². The van der Waals surface area contributed by atoms with Crippen molar-refractivity contribution in [1.82, 2.24) is 0 Å². The molecule has 7 heteroatoms. The lowest BCUT2D eigenvalue weighted by molar-refractivity contribution is -0.134. The summed E-state index contributed by atoms with van der Waals surface area (Å²) in [6.45, 7) is 7.25. The van der Waals surface area contributed by atoms with Crippen molar-refractivity contribution in [3.8, 4) is 17.2 Å². The third-order valence-corrected chi connectivity index (χ3v) is 4.65. The van der Waals surface area contributed by atoms with Crippen molar-refractivity contribution in [3.63, 3.8) is 0 Å². The van der Waals surface area contributed by atoms with Crippen LogP contribution in [-0.4, -0.2) is 11.9 Å². The number of rotatable bonds is 7. The summed E-state index contributed by atoms with van der Waals surface area (Å²) in [7, 11) is 0. The van der Waals surface area contributed by atoms with Crippen LogP contribution < -0.4 is 14.8 Å². The first-order valence-corrected chi connectivity index (χ1v) is 9.82. The van der Waals surface area contributed by atoms with E-state index in [0.717, 1.165) is 0 Å². The van der Waals surface area contributed by atoms with Crippen molar-refractivity contribution >= 4 is 40.8 Å². The van der Waals surface area contributed by atoms with Crippen LogP contribution in [0.15, 0.2) is 30.3 Å². The second-order valence-corrected chi connectivity index (χ2v) is 7.21. The van der Waals surface area contributed by atoms with E-state index in [1.165, 1.54) is 6.07 Å². The van der Waals surface area contributed by atoms with Crippen molar-refractivity contribution in [2.24, 2.45) is 5.92 Å². The Labute approximate surface area is 174 Å². The van der Waals surface area contributed by atoms with Crippen LogP contribution in [0, 0.1) is 5.92 Å². The number of nitrogens with one attached hydrogen (secondary N) is 1. The molecular weight excluding hydrogens is 401 g/mol. The first-order valence-electron chi connectivity index (χ1n) is 9.07. The van der Waals surface area contributed by atoms with E-state index in [1.54, 1.807) is 31.2 Å². The second-order valence-electron chi connectivity index (χ2n) is 6.43. The normalized spacial score (nSPS) is 10.7. The van der Waals surface area contributed by atoms with E-state index in [2.05, 4.69) is 5.32 Å². The molecular formula is C21H23Cl2NO4. The molecule has 0 unspecified atom stereocenters. The van der Waals surface area contributed by atoms with Gasteiger partial charge in [0.15, 0.2) is 5.75 Å². The molecule has 0 aliphatic carbocycles. The number of amides is 1. The molecule has 0 fully saturated rings. The summed E-state index contributed by atoms with van der Waals surface area (Å²) in [4.78, 5) is 23.4. The van der Waals surface area contributed by atoms with Gasteiger partial charge in [-0.05, 0) is 30.7 Å². The highest BCUT2D eigenvalue weighted by molar-refractivity contribution is 6.38. The maximum atomic E-state index is 11.8. The number of ether oxygens (including phenoxy) is 2. The maximum Gasteiger partial charge on any atom is 0.310 e.